The molecule has 0 aliphatic heterocycles. The van der Waals surface area contributed by atoms with E-state index in [2.05, 4.69) is 4.74 Å². The van der Waals surface area contributed by atoms with Crippen molar-refractivity contribution < 1.29 is 17.9 Å². The fraction of sp³-hybridized carbons (Fsp3) is 0.222. The van der Waals surface area contributed by atoms with Crippen LogP contribution in [0.2, 0.25) is 0 Å². The van der Waals surface area contributed by atoms with Crippen molar-refractivity contribution in [3.8, 4) is 5.75 Å². The lowest BCUT2D eigenvalue weighted by atomic mass is 10.1. The molecular weight excluding hydrogens is 231 g/mol. The molecule has 82 valence electrons. The number of benzene rings is 1. The van der Waals surface area contributed by atoms with Crippen molar-refractivity contribution in [1.82, 2.24) is 0 Å². The smallest absolute Gasteiger partial charge is 0.419 e. The molecule has 0 amide bonds. The van der Waals surface area contributed by atoms with Crippen LogP contribution in [0.3, 0.4) is 0 Å². The lowest BCUT2D eigenvalue weighted by Crippen LogP contribution is -2.08. The van der Waals surface area contributed by atoms with E-state index in [0.29, 0.717) is 0 Å². The zero-order valence-corrected chi connectivity index (χ0v) is 8.41. The Labute approximate surface area is 89.1 Å². The van der Waals surface area contributed by atoms with Gasteiger partial charge >= 0.3 is 6.18 Å². The van der Waals surface area contributed by atoms with Gasteiger partial charge < -0.3 is 4.74 Å². The van der Waals surface area contributed by atoms with Gasteiger partial charge in [-0.05, 0) is 18.2 Å². The highest BCUT2D eigenvalue weighted by atomic mass is 35.5. The molecule has 0 aliphatic carbocycles. The summed E-state index contributed by atoms with van der Waals surface area (Å²) in [7, 11) is 1.15. The summed E-state index contributed by atoms with van der Waals surface area (Å²) in [5.41, 5.74) is -0.933. The number of hydrogen-bond donors (Lipinski definition) is 1. The predicted octanol–water partition coefficient (Wildman–Crippen LogP) is 3.28. The first-order chi connectivity index (χ1) is 6.86. The normalized spacial score (nSPS) is 11.3. The molecule has 6 heteroatoms. The lowest BCUT2D eigenvalue weighted by Gasteiger charge is -2.12. The van der Waals surface area contributed by atoms with Crippen LogP contribution in [0.1, 0.15) is 11.1 Å². The minimum absolute atomic E-state index is 0.00444. The van der Waals surface area contributed by atoms with Crippen molar-refractivity contribution in [2.45, 2.75) is 6.18 Å². The van der Waals surface area contributed by atoms with Gasteiger partial charge in [-0.25, -0.2) is 0 Å². The summed E-state index contributed by atoms with van der Waals surface area (Å²) in [6.45, 7) is 0. The molecule has 0 heterocycles. The summed E-state index contributed by atoms with van der Waals surface area (Å²) in [6.07, 6.45) is -4.52. The van der Waals surface area contributed by atoms with Gasteiger partial charge in [0.2, 0.25) is 0 Å². The van der Waals surface area contributed by atoms with Crippen molar-refractivity contribution in [2.24, 2.45) is 0 Å². The maximum atomic E-state index is 12.5. The number of methoxy groups -OCH3 is 1. The molecule has 1 N–H and O–H groups in total. The Hall–Kier alpha value is -1.23. The second kappa shape index (κ2) is 4.10. The SMILES string of the molecule is COc1ccc(C(=N)Cl)cc1C(F)(F)F. The summed E-state index contributed by atoms with van der Waals surface area (Å²) in [4.78, 5) is 0. The Morgan fingerprint density at radius 3 is 2.40 bits per heavy atom. The summed E-state index contributed by atoms with van der Waals surface area (Å²) in [6, 6.07) is 3.21. The van der Waals surface area contributed by atoms with Gasteiger partial charge in [-0.1, -0.05) is 11.6 Å². The molecule has 0 saturated heterocycles. The van der Waals surface area contributed by atoms with E-state index in [0.717, 1.165) is 19.2 Å². The highest BCUT2D eigenvalue weighted by molar-refractivity contribution is 6.68. The van der Waals surface area contributed by atoms with Gasteiger partial charge in [0, 0.05) is 5.56 Å². The van der Waals surface area contributed by atoms with Gasteiger partial charge in [-0.2, -0.15) is 13.2 Å². The Morgan fingerprint density at radius 2 is 2.00 bits per heavy atom. The van der Waals surface area contributed by atoms with Crippen LogP contribution in [0.4, 0.5) is 13.2 Å². The third-order valence-corrected chi connectivity index (χ3v) is 1.98. The molecule has 2 nitrogen and oxygen atoms in total. The standard InChI is InChI=1S/C9H7ClF3NO/c1-15-7-3-2-5(8(10)14)4-6(7)9(11,12)13/h2-4,14H,1H3. The molecule has 0 aliphatic rings. The van der Waals surface area contributed by atoms with Crippen LogP contribution in [0.25, 0.3) is 0 Å². The minimum atomic E-state index is -4.52. The molecule has 0 aromatic heterocycles. The quantitative estimate of drug-likeness (QED) is 0.787. The zero-order chi connectivity index (χ0) is 11.6. The average molecular weight is 238 g/mol. The van der Waals surface area contributed by atoms with Crippen LogP contribution < -0.4 is 4.74 Å². The van der Waals surface area contributed by atoms with Gasteiger partial charge in [-0.15, -0.1) is 0 Å². The van der Waals surface area contributed by atoms with Gasteiger partial charge in [0.1, 0.15) is 10.9 Å². The van der Waals surface area contributed by atoms with Crippen LogP contribution in [0.5, 0.6) is 5.75 Å². The van der Waals surface area contributed by atoms with Gasteiger partial charge in [-0.3, -0.25) is 5.41 Å². The molecule has 0 spiro atoms. The van der Waals surface area contributed by atoms with Gasteiger partial charge in [0.15, 0.2) is 0 Å². The van der Waals surface area contributed by atoms with E-state index >= 15 is 0 Å². The van der Waals surface area contributed by atoms with Crippen molar-refractivity contribution in [3.63, 3.8) is 0 Å². The van der Waals surface area contributed by atoms with Crippen LogP contribution in [-0.2, 0) is 6.18 Å². The lowest BCUT2D eigenvalue weighted by molar-refractivity contribution is -0.138. The van der Waals surface area contributed by atoms with E-state index in [-0.39, 0.29) is 11.3 Å². The number of nitrogens with one attached hydrogen (secondary N) is 1. The molecule has 0 bridgehead atoms. The maximum Gasteiger partial charge on any atom is 0.419 e. The fourth-order valence-electron chi connectivity index (χ4n) is 1.07. The molecule has 1 aromatic carbocycles. The third-order valence-electron chi connectivity index (χ3n) is 1.76. The molecule has 0 radical (unpaired) electrons. The first kappa shape index (κ1) is 11.8. The predicted molar refractivity (Wildman–Crippen MR) is 50.7 cm³/mol. The molecule has 1 rings (SSSR count). The fourth-order valence-corrected chi connectivity index (χ4v) is 1.18. The second-order valence-electron chi connectivity index (χ2n) is 2.73. The monoisotopic (exact) mass is 237 g/mol. The van der Waals surface area contributed by atoms with E-state index in [9.17, 15) is 13.2 Å². The highest BCUT2D eigenvalue weighted by Gasteiger charge is 2.34. The van der Waals surface area contributed by atoms with Crippen molar-refractivity contribution >= 4 is 16.8 Å². The molecule has 0 unspecified atom stereocenters. The van der Waals surface area contributed by atoms with E-state index < -0.39 is 16.9 Å². The molecule has 1 aromatic rings. The summed E-state index contributed by atoms with van der Waals surface area (Å²) >= 11 is 5.30. The first-order valence-electron chi connectivity index (χ1n) is 3.86. The molecule has 0 saturated carbocycles. The molecule has 0 atom stereocenters. The molecular formula is C9H7ClF3NO. The van der Waals surface area contributed by atoms with E-state index in [1.54, 1.807) is 0 Å². The maximum absolute atomic E-state index is 12.5. The van der Waals surface area contributed by atoms with Gasteiger partial charge in [0.25, 0.3) is 0 Å². The van der Waals surface area contributed by atoms with Crippen molar-refractivity contribution in [3.05, 3.63) is 29.3 Å². The number of halogens is 4. The summed E-state index contributed by atoms with van der Waals surface area (Å²) < 4.78 is 42.0. The van der Waals surface area contributed by atoms with Crippen LogP contribution in [0, 0.1) is 5.41 Å². The molecule has 15 heavy (non-hydrogen) atoms. The number of hydrogen-bond acceptors (Lipinski definition) is 2. The Kier molecular flexibility index (Phi) is 3.24. The summed E-state index contributed by atoms with van der Waals surface area (Å²) in [5, 5.41) is 6.58. The Morgan fingerprint density at radius 1 is 1.40 bits per heavy atom. The van der Waals surface area contributed by atoms with Crippen molar-refractivity contribution in [1.29, 1.82) is 5.41 Å². The van der Waals surface area contributed by atoms with E-state index in [1.807, 2.05) is 0 Å². The van der Waals surface area contributed by atoms with E-state index in [1.165, 1.54) is 6.07 Å². The van der Waals surface area contributed by atoms with Crippen molar-refractivity contribution in [2.75, 3.05) is 7.11 Å². The van der Waals surface area contributed by atoms with E-state index in [4.69, 9.17) is 17.0 Å². The number of alkyl halides is 3. The number of ether oxygens (including phenoxy) is 1. The largest absolute Gasteiger partial charge is 0.496 e. The average Bonchev–Trinajstić information content (AvgIpc) is 2.15. The Bertz CT molecular complexity index is 389. The summed E-state index contributed by atoms with van der Waals surface area (Å²) in [5.74, 6) is -0.288. The third kappa shape index (κ3) is 2.62. The van der Waals surface area contributed by atoms with Crippen LogP contribution in [-0.4, -0.2) is 12.3 Å². The molecule has 0 fully saturated rings. The van der Waals surface area contributed by atoms with Crippen LogP contribution in [0.15, 0.2) is 18.2 Å². The first-order valence-corrected chi connectivity index (χ1v) is 4.23. The highest BCUT2D eigenvalue weighted by Crippen LogP contribution is 2.36. The number of rotatable bonds is 2. The second-order valence-corrected chi connectivity index (χ2v) is 3.10. The van der Waals surface area contributed by atoms with Gasteiger partial charge in [0.05, 0.1) is 12.7 Å². The zero-order valence-electron chi connectivity index (χ0n) is 7.65. The minimum Gasteiger partial charge on any atom is -0.496 e. The van der Waals surface area contributed by atoms with Crippen LogP contribution >= 0.6 is 11.6 Å². The topological polar surface area (TPSA) is 33.1 Å². The Balaban J connectivity index is 3.32.